The molecule has 3 N–H and O–H groups in total. The van der Waals surface area contributed by atoms with Crippen LogP contribution in [-0.2, 0) is 14.4 Å². The number of alkyl halides is 1. The van der Waals surface area contributed by atoms with Crippen LogP contribution in [0, 0.1) is 22.7 Å². The second-order valence-corrected chi connectivity index (χ2v) is 9.92. The van der Waals surface area contributed by atoms with Gasteiger partial charge < -0.3 is 15.3 Å². The number of allylic oxidation sites excluding steroid dienone is 4. The van der Waals surface area contributed by atoms with Crippen molar-refractivity contribution in [2.45, 2.75) is 62.5 Å². The van der Waals surface area contributed by atoms with Crippen LogP contribution in [0.3, 0.4) is 0 Å². The van der Waals surface area contributed by atoms with Crippen LogP contribution in [0.15, 0.2) is 23.8 Å². The van der Waals surface area contributed by atoms with Gasteiger partial charge in [-0.2, -0.15) is 0 Å². The van der Waals surface area contributed by atoms with Gasteiger partial charge in [0.1, 0.15) is 5.60 Å². The highest BCUT2D eigenvalue weighted by atomic mass is 35.5. The van der Waals surface area contributed by atoms with E-state index in [1.54, 1.807) is 19.1 Å². The summed E-state index contributed by atoms with van der Waals surface area (Å²) in [6.45, 7) is 3.63. The number of aliphatic hydroxyl groups excluding tert-OH is 1. The number of rotatable bonds is 2. The fourth-order valence-electron chi connectivity index (χ4n) is 6.77. The van der Waals surface area contributed by atoms with Crippen molar-refractivity contribution in [2.24, 2.45) is 22.7 Å². The predicted octanol–water partition coefficient (Wildman–Crippen LogP) is 2.01. The number of carboxylic acids is 1. The number of aliphatic carboxylic acids is 1. The number of carboxylic acid groups (broad SMARTS) is 1. The van der Waals surface area contributed by atoms with Crippen LogP contribution in [0.4, 0.5) is 0 Å². The quantitative estimate of drug-likeness (QED) is 0.476. The van der Waals surface area contributed by atoms with Gasteiger partial charge in [-0.15, -0.1) is 11.6 Å². The number of carbonyl (C=O) groups is 3. The van der Waals surface area contributed by atoms with Crippen LogP contribution < -0.4 is 0 Å². The first-order chi connectivity index (χ1) is 12.9. The van der Waals surface area contributed by atoms with E-state index < -0.39 is 39.2 Å². The van der Waals surface area contributed by atoms with E-state index >= 15 is 0 Å². The smallest absolute Gasteiger partial charge is 0.375 e. The van der Waals surface area contributed by atoms with E-state index in [1.165, 1.54) is 6.08 Å². The molecule has 0 saturated heterocycles. The summed E-state index contributed by atoms with van der Waals surface area (Å²) in [5.74, 6) is -3.39. The van der Waals surface area contributed by atoms with Gasteiger partial charge in [-0.1, -0.05) is 25.5 Å². The highest BCUT2D eigenvalue weighted by Gasteiger charge is 2.73. The molecule has 7 atom stereocenters. The Morgan fingerprint density at radius 1 is 1.21 bits per heavy atom. The number of Topliss-reactive ketones (excluding diaryl/α,β-unsaturated/α-hetero) is 1. The molecule has 0 bridgehead atoms. The Balaban J connectivity index is 1.81. The van der Waals surface area contributed by atoms with Crippen molar-refractivity contribution in [2.75, 3.05) is 0 Å². The van der Waals surface area contributed by atoms with Crippen molar-refractivity contribution in [3.05, 3.63) is 23.8 Å². The van der Waals surface area contributed by atoms with Crippen LogP contribution in [0.5, 0.6) is 0 Å². The maximum atomic E-state index is 12.4. The topological polar surface area (TPSA) is 112 Å². The fraction of sp³-hybridized carbons (Fsp3) is 0.667. The van der Waals surface area contributed by atoms with Gasteiger partial charge in [0.2, 0.25) is 0 Å². The third-order valence-corrected chi connectivity index (χ3v) is 9.29. The van der Waals surface area contributed by atoms with E-state index in [0.717, 1.165) is 5.57 Å². The van der Waals surface area contributed by atoms with Crippen molar-refractivity contribution in [3.8, 4) is 0 Å². The zero-order valence-corrected chi connectivity index (χ0v) is 16.7. The molecule has 0 aromatic carbocycles. The van der Waals surface area contributed by atoms with Gasteiger partial charge in [0.05, 0.1) is 11.0 Å². The Morgan fingerprint density at radius 2 is 1.89 bits per heavy atom. The molecule has 0 unspecified atom stereocenters. The van der Waals surface area contributed by atoms with E-state index in [2.05, 4.69) is 0 Å². The molecular formula is C21H25ClO6. The zero-order valence-electron chi connectivity index (χ0n) is 15.9. The van der Waals surface area contributed by atoms with Crippen molar-refractivity contribution in [1.29, 1.82) is 0 Å². The third-order valence-electron chi connectivity index (χ3n) is 8.36. The SMILES string of the molecule is C[C@]12C=CC(=O)C=C1CC[C@H]1[C@@H]3CC[C@](O)(C(=O)C(=O)O)[C@@]3(C)C[C@H](O)[C@@]12Cl. The number of hydrogen-bond acceptors (Lipinski definition) is 5. The lowest BCUT2D eigenvalue weighted by molar-refractivity contribution is -0.180. The molecule has 0 heterocycles. The Kier molecular flexibility index (Phi) is 4.08. The molecular weight excluding hydrogens is 384 g/mol. The minimum atomic E-state index is -2.02. The number of ketones is 2. The molecule has 4 aliphatic rings. The maximum absolute atomic E-state index is 12.4. The zero-order chi connectivity index (χ0) is 20.7. The van der Waals surface area contributed by atoms with Crippen LogP contribution in [0.2, 0.25) is 0 Å². The largest absolute Gasteiger partial charge is 0.475 e. The lowest BCUT2D eigenvalue weighted by Crippen LogP contribution is -2.68. The molecule has 4 rings (SSSR count). The molecule has 0 aromatic rings. The molecule has 0 aromatic heterocycles. The molecule has 0 amide bonds. The molecule has 4 aliphatic carbocycles. The summed E-state index contributed by atoms with van der Waals surface area (Å²) in [5.41, 5.74) is -2.91. The van der Waals surface area contributed by atoms with Crippen LogP contribution >= 0.6 is 11.6 Å². The second-order valence-electron chi connectivity index (χ2n) is 9.30. The first-order valence-corrected chi connectivity index (χ1v) is 10.1. The van der Waals surface area contributed by atoms with E-state index in [9.17, 15) is 29.7 Å². The van der Waals surface area contributed by atoms with Gasteiger partial charge in [-0.05, 0) is 56.1 Å². The third kappa shape index (κ3) is 2.09. The normalized spacial score (nSPS) is 49.7. The van der Waals surface area contributed by atoms with Crippen LogP contribution in [-0.4, -0.2) is 49.4 Å². The molecule has 6 nitrogen and oxygen atoms in total. The molecule has 0 spiro atoms. The number of hydrogen-bond donors (Lipinski definition) is 3. The summed E-state index contributed by atoms with van der Waals surface area (Å²) >= 11 is 7.22. The van der Waals surface area contributed by atoms with Gasteiger partial charge in [0.25, 0.3) is 5.78 Å². The number of fused-ring (bicyclic) bond motifs is 5. The van der Waals surface area contributed by atoms with Gasteiger partial charge in [-0.3, -0.25) is 9.59 Å². The van der Waals surface area contributed by atoms with Crippen LogP contribution in [0.25, 0.3) is 0 Å². The molecule has 7 heteroatoms. The van der Waals surface area contributed by atoms with Crippen molar-refractivity contribution >= 4 is 29.1 Å². The Morgan fingerprint density at radius 3 is 2.54 bits per heavy atom. The molecule has 0 radical (unpaired) electrons. The summed E-state index contributed by atoms with van der Waals surface area (Å²) in [4.78, 5) is 34.5. The predicted molar refractivity (Wildman–Crippen MR) is 101 cm³/mol. The summed E-state index contributed by atoms with van der Waals surface area (Å²) < 4.78 is 0. The highest BCUT2D eigenvalue weighted by Crippen LogP contribution is 2.70. The Hall–Kier alpha value is -1.50. The minimum absolute atomic E-state index is 0.0256. The monoisotopic (exact) mass is 408 g/mol. The van der Waals surface area contributed by atoms with E-state index in [0.29, 0.717) is 19.3 Å². The maximum Gasteiger partial charge on any atom is 0.375 e. The fourth-order valence-corrected chi connectivity index (χ4v) is 7.29. The summed E-state index contributed by atoms with van der Waals surface area (Å²) in [6, 6.07) is 0. The number of aliphatic hydroxyl groups is 2. The Labute approximate surface area is 168 Å². The molecule has 28 heavy (non-hydrogen) atoms. The highest BCUT2D eigenvalue weighted by molar-refractivity contribution is 6.36. The average Bonchev–Trinajstić information content (AvgIpc) is 2.88. The van der Waals surface area contributed by atoms with Gasteiger partial charge in [0, 0.05) is 10.8 Å². The molecule has 3 fully saturated rings. The average molecular weight is 409 g/mol. The lowest BCUT2D eigenvalue weighted by Gasteiger charge is -2.63. The minimum Gasteiger partial charge on any atom is -0.475 e. The van der Waals surface area contributed by atoms with E-state index in [-0.39, 0.29) is 30.5 Å². The van der Waals surface area contributed by atoms with Gasteiger partial charge >= 0.3 is 5.97 Å². The standard InChI is InChI=1S/C21H25ClO6/c1-18-7-5-12(23)9-11(18)3-4-14-13-6-8-20(28,16(25)17(26)27)19(13,2)10-15(24)21(14,18)22/h5,7,9,13-15,24,28H,3-4,6,8,10H2,1-2H3,(H,26,27)/t13-,14-,15-,18-,19-,20-,21-/m0/s1. The first-order valence-electron chi connectivity index (χ1n) is 9.73. The van der Waals surface area contributed by atoms with Crippen LogP contribution in [0.1, 0.15) is 46.0 Å². The van der Waals surface area contributed by atoms with E-state index in [1.807, 2.05) is 6.92 Å². The van der Waals surface area contributed by atoms with E-state index in [4.69, 9.17) is 11.6 Å². The Bertz CT molecular complexity index is 848. The van der Waals surface area contributed by atoms with Crippen molar-refractivity contribution in [3.63, 3.8) is 0 Å². The molecule has 3 saturated carbocycles. The van der Waals surface area contributed by atoms with Crippen molar-refractivity contribution in [1.82, 2.24) is 0 Å². The summed E-state index contributed by atoms with van der Waals surface area (Å²) in [6.07, 6.45) is 5.57. The van der Waals surface area contributed by atoms with Crippen molar-refractivity contribution < 1.29 is 29.7 Å². The first kappa shape index (κ1) is 19.8. The second kappa shape index (κ2) is 5.77. The number of carbonyl (C=O) groups excluding carboxylic acids is 2. The number of halogens is 1. The summed E-state index contributed by atoms with van der Waals surface area (Å²) in [7, 11) is 0. The van der Waals surface area contributed by atoms with Gasteiger partial charge in [-0.25, -0.2) is 4.79 Å². The lowest BCUT2D eigenvalue weighted by atomic mass is 9.45. The van der Waals surface area contributed by atoms with Gasteiger partial charge in [0.15, 0.2) is 5.78 Å². The summed E-state index contributed by atoms with van der Waals surface area (Å²) in [5, 5.41) is 31.6. The molecule has 152 valence electrons. The molecule has 0 aliphatic heterocycles.